The molecule has 0 spiro atoms. The lowest BCUT2D eigenvalue weighted by molar-refractivity contribution is -0.0610. The maximum absolute atomic E-state index is 5.68. The van der Waals surface area contributed by atoms with E-state index in [4.69, 9.17) is 14.9 Å². The molecule has 1 aliphatic heterocycles. The van der Waals surface area contributed by atoms with Crippen LogP contribution in [-0.2, 0) is 17.8 Å². The Balaban J connectivity index is 1.99. The van der Waals surface area contributed by atoms with Crippen molar-refractivity contribution in [3.8, 4) is 0 Å². The summed E-state index contributed by atoms with van der Waals surface area (Å²) >= 11 is 0. The third-order valence-corrected chi connectivity index (χ3v) is 3.36. The van der Waals surface area contributed by atoms with Crippen molar-refractivity contribution in [1.82, 2.24) is 4.90 Å². The van der Waals surface area contributed by atoms with Crippen LogP contribution < -0.4 is 5.73 Å². The first-order chi connectivity index (χ1) is 8.22. The Morgan fingerprint density at radius 3 is 3.00 bits per heavy atom. The minimum absolute atomic E-state index is 0.307. The van der Waals surface area contributed by atoms with Gasteiger partial charge in [-0.05, 0) is 19.4 Å². The molecule has 1 fully saturated rings. The summed E-state index contributed by atoms with van der Waals surface area (Å²) in [5.41, 5.74) is 6.64. The number of ether oxygens (including phenoxy) is 1. The van der Waals surface area contributed by atoms with Gasteiger partial charge in [0.2, 0.25) is 0 Å². The van der Waals surface area contributed by atoms with Crippen molar-refractivity contribution in [3.05, 3.63) is 23.7 Å². The van der Waals surface area contributed by atoms with E-state index in [1.807, 2.05) is 6.07 Å². The van der Waals surface area contributed by atoms with Gasteiger partial charge in [0.05, 0.1) is 25.5 Å². The van der Waals surface area contributed by atoms with Gasteiger partial charge in [0.1, 0.15) is 5.76 Å². The monoisotopic (exact) mass is 238 g/mol. The van der Waals surface area contributed by atoms with E-state index in [-0.39, 0.29) is 0 Å². The summed E-state index contributed by atoms with van der Waals surface area (Å²) < 4.78 is 11.2. The minimum atomic E-state index is 0.307. The fourth-order valence-corrected chi connectivity index (χ4v) is 2.30. The summed E-state index contributed by atoms with van der Waals surface area (Å²) in [5, 5.41) is 0. The van der Waals surface area contributed by atoms with Crippen molar-refractivity contribution < 1.29 is 9.15 Å². The third kappa shape index (κ3) is 3.09. The normalized spacial score (nSPS) is 26.3. The lowest BCUT2D eigenvalue weighted by Crippen LogP contribution is -2.47. The molecule has 1 aliphatic rings. The molecule has 1 aromatic rings. The molecule has 0 aliphatic carbocycles. The lowest BCUT2D eigenvalue weighted by Gasteiger charge is -2.37. The molecule has 0 radical (unpaired) electrons. The van der Waals surface area contributed by atoms with Crippen molar-refractivity contribution >= 4 is 0 Å². The maximum atomic E-state index is 5.68. The van der Waals surface area contributed by atoms with Crippen molar-refractivity contribution in [2.24, 2.45) is 5.73 Å². The molecule has 1 aromatic heterocycles. The molecule has 2 rings (SSSR count). The zero-order valence-electron chi connectivity index (χ0n) is 10.7. The Morgan fingerprint density at radius 1 is 1.53 bits per heavy atom. The predicted octanol–water partition coefficient (Wildman–Crippen LogP) is 1.74. The van der Waals surface area contributed by atoms with Crippen LogP contribution in [0.5, 0.6) is 0 Å². The highest BCUT2D eigenvalue weighted by Gasteiger charge is 2.26. The number of rotatable bonds is 4. The van der Waals surface area contributed by atoms with Gasteiger partial charge in [-0.25, -0.2) is 0 Å². The average molecular weight is 238 g/mol. The first-order valence-electron chi connectivity index (χ1n) is 6.35. The summed E-state index contributed by atoms with van der Waals surface area (Å²) in [6, 6.07) is 2.55. The summed E-state index contributed by atoms with van der Waals surface area (Å²) in [6.07, 6.45) is 3.17. The van der Waals surface area contributed by atoms with E-state index in [9.17, 15) is 0 Å². The molecule has 1 saturated heterocycles. The van der Waals surface area contributed by atoms with Crippen LogP contribution in [0.25, 0.3) is 0 Å². The Morgan fingerprint density at radius 2 is 2.35 bits per heavy atom. The van der Waals surface area contributed by atoms with Crippen molar-refractivity contribution in [3.63, 3.8) is 0 Å². The molecule has 4 nitrogen and oxygen atoms in total. The lowest BCUT2D eigenvalue weighted by atomic mass is 10.1. The molecule has 2 unspecified atom stereocenters. The predicted molar refractivity (Wildman–Crippen MR) is 66.5 cm³/mol. The van der Waals surface area contributed by atoms with Gasteiger partial charge in [0.25, 0.3) is 0 Å². The molecule has 17 heavy (non-hydrogen) atoms. The van der Waals surface area contributed by atoms with Crippen LogP contribution >= 0.6 is 0 Å². The molecular formula is C13H22N2O2. The summed E-state index contributed by atoms with van der Waals surface area (Å²) in [6.45, 7) is 7.50. The summed E-state index contributed by atoms with van der Waals surface area (Å²) in [4.78, 5) is 2.44. The summed E-state index contributed by atoms with van der Waals surface area (Å²) in [7, 11) is 0. The van der Waals surface area contributed by atoms with Crippen LogP contribution in [0.2, 0.25) is 0 Å². The Hall–Kier alpha value is -0.840. The van der Waals surface area contributed by atoms with E-state index >= 15 is 0 Å². The molecule has 0 saturated carbocycles. The number of morpholine rings is 1. The van der Waals surface area contributed by atoms with Crippen LogP contribution in [-0.4, -0.2) is 30.2 Å². The van der Waals surface area contributed by atoms with Crippen LogP contribution in [0.3, 0.4) is 0 Å². The zero-order chi connectivity index (χ0) is 12.3. The van der Waals surface area contributed by atoms with Gasteiger partial charge in [-0.1, -0.05) is 6.92 Å². The van der Waals surface area contributed by atoms with Gasteiger partial charge < -0.3 is 14.9 Å². The molecule has 0 aromatic carbocycles. The van der Waals surface area contributed by atoms with Gasteiger partial charge in [-0.3, -0.25) is 4.90 Å². The Kier molecular flexibility index (Phi) is 4.20. The number of nitrogens with zero attached hydrogens (tertiary/aromatic N) is 1. The largest absolute Gasteiger partial charge is 0.468 e. The topological polar surface area (TPSA) is 51.6 Å². The van der Waals surface area contributed by atoms with Gasteiger partial charge in [0, 0.05) is 24.7 Å². The molecule has 2 atom stereocenters. The molecule has 0 bridgehead atoms. The molecule has 2 heterocycles. The summed E-state index contributed by atoms with van der Waals surface area (Å²) in [5.74, 6) is 0.998. The van der Waals surface area contributed by atoms with E-state index < -0.39 is 0 Å². The van der Waals surface area contributed by atoms with E-state index in [0.29, 0.717) is 18.7 Å². The fraction of sp³-hybridized carbons (Fsp3) is 0.692. The second-order valence-corrected chi connectivity index (χ2v) is 4.76. The second kappa shape index (κ2) is 5.67. The van der Waals surface area contributed by atoms with Gasteiger partial charge in [-0.2, -0.15) is 0 Å². The number of hydrogen-bond donors (Lipinski definition) is 1. The number of furan rings is 1. The highest BCUT2D eigenvalue weighted by atomic mass is 16.5. The van der Waals surface area contributed by atoms with E-state index in [1.165, 1.54) is 0 Å². The van der Waals surface area contributed by atoms with Gasteiger partial charge in [0.15, 0.2) is 0 Å². The number of hydrogen-bond acceptors (Lipinski definition) is 4. The van der Waals surface area contributed by atoms with E-state index in [2.05, 4.69) is 18.7 Å². The van der Waals surface area contributed by atoms with E-state index in [1.54, 1.807) is 6.26 Å². The second-order valence-electron chi connectivity index (χ2n) is 4.76. The van der Waals surface area contributed by atoms with Gasteiger partial charge >= 0.3 is 0 Å². The molecule has 4 heteroatoms. The standard InChI is InChI=1S/C13H22N2O2/c1-3-12-9-16-10(2)6-15(12)7-13-4-11(5-14)8-17-13/h4,8,10,12H,3,5-7,9,14H2,1-2H3. The van der Waals surface area contributed by atoms with Crippen molar-refractivity contribution in [1.29, 1.82) is 0 Å². The Labute approximate surface area is 103 Å². The number of nitrogens with two attached hydrogens (primary N) is 1. The highest BCUT2D eigenvalue weighted by molar-refractivity contribution is 5.12. The molecule has 96 valence electrons. The van der Waals surface area contributed by atoms with Crippen molar-refractivity contribution in [2.45, 2.75) is 45.5 Å². The fourth-order valence-electron chi connectivity index (χ4n) is 2.30. The molecular weight excluding hydrogens is 216 g/mol. The average Bonchev–Trinajstić information content (AvgIpc) is 2.77. The van der Waals surface area contributed by atoms with Crippen molar-refractivity contribution in [2.75, 3.05) is 13.2 Å². The first kappa shape index (κ1) is 12.6. The van der Waals surface area contributed by atoms with Crippen LogP contribution in [0.1, 0.15) is 31.6 Å². The molecule has 2 N–H and O–H groups in total. The highest BCUT2D eigenvalue weighted by Crippen LogP contribution is 2.18. The molecule has 0 amide bonds. The zero-order valence-corrected chi connectivity index (χ0v) is 10.7. The minimum Gasteiger partial charge on any atom is -0.468 e. The third-order valence-electron chi connectivity index (χ3n) is 3.36. The maximum Gasteiger partial charge on any atom is 0.118 e. The SMILES string of the molecule is CCC1COC(C)CN1Cc1cc(CN)co1. The Bertz CT molecular complexity index is 351. The van der Waals surface area contributed by atoms with Crippen LogP contribution in [0, 0.1) is 0 Å². The first-order valence-corrected chi connectivity index (χ1v) is 6.35. The quantitative estimate of drug-likeness (QED) is 0.868. The van der Waals surface area contributed by atoms with Crippen LogP contribution in [0.15, 0.2) is 16.7 Å². The smallest absolute Gasteiger partial charge is 0.118 e. The van der Waals surface area contributed by atoms with Gasteiger partial charge in [-0.15, -0.1) is 0 Å². The van der Waals surface area contributed by atoms with E-state index in [0.717, 1.165) is 37.4 Å². The van der Waals surface area contributed by atoms with Crippen LogP contribution in [0.4, 0.5) is 0 Å².